The zero-order chi connectivity index (χ0) is 19.7. The molecule has 6 heteroatoms. The first kappa shape index (κ1) is 19.0. The van der Waals surface area contributed by atoms with Gasteiger partial charge in [-0.3, -0.25) is 9.59 Å². The van der Waals surface area contributed by atoms with Gasteiger partial charge in [-0.05, 0) is 64.0 Å². The second-order valence-corrected chi connectivity index (χ2v) is 8.23. The van der Waals surface area contributed by atoms with Crippen LogP contribution in [0.25, 0.3) is 0 Å². The minimum atomic E-state index is -0.727. The largest absolute Gasteiger partial charge is 0.323 e. The van der Waals surface area contributed by atoms with Gasteiger partial charge in [-0.25, -0.2) is 0 Å². The van der Waals surface area contributed by atoms with E-state index in [1.165, 1.54) is 0 Å². The van der Waals surface area contributed by atoms with Crippen LogP contribution in [0.3, 0.4) is 0 Å². The molecule has 0 saturated carbocycles. The van der Waals surface area contributed by atoms with Gasteiger partial charge in [-0.2, -0.15) is 0 Å². The van der Waals surface area contributed by atoms with Crippen LogP contribution < -0.4 is 5.32 Å². The first-order valence-corrected chi connectivity index (χ1v) is 10.2. The van der Waals surface area contributed by atoms with E-state index in [0.717, 1.165) is 14.7 Å². The molecule has 1 aliphatic rings. The van der Waals surface area contributed by atoms with Crippen LogP contribution in [0.15, 0.2) is 72.8 Å². The quantitative estimate of drug-likeness (QED) is 0.496. The fourth-order valence-electron chi connectivity index (χ4n) is 3.33. The maximum atomic E-state index is 13.5. The van der Waals surface area contributed by atoms with E-state index >= 15 is 0 Å². The summed E-state index contributed by atoms with van der Waals surface area (Å²) in [6.45, 7) is 0.300. The Bertz CT molecular complexity index is 1040. The molecule has 4 nitrogen and oxygen atoms in total. The Balaban J connectivity index is 1.82. The van der Waals surface area contributed by atoms with E-state index in [9.17, 15) is 9.59 Å². The number of fused-ring (bicyclic) bond motifs is 1. The Hall–Kier alpha value is -2.38. The van der Waals surface area contributed by atoms with Crippen LogP contribution in [-0.4, -0.2) is 16.7 Å². The second-order valence-electron chi connectivity index (χ2n) is 6.55. The first-order chi connectivity index (χ1) is 13.5. The maximum absolute atomic E-state index is 13.5. The summed E-state index contributed by atoms with van der Waals surface area (Å²) >= 11 is 8.16. The zero-order valence-electron chi connectivity index (χ0n) is 14.7. The van der Waals surface area contributed by atoms with E-state index in [1.54, 1.807) is 29.2 Å². The summed E-state index contributed by atoms with van der Waals surface area (Å²) in [5, 5.41) is 3.56. The standard InChI is InChI=1S/C22H16ClIN2O2/c23-16-8-6-14(7-9-16)13-26-20(15-4-2-1-3-5-15)21(27)25-19-11-10-17(24)12-18(19)22(26)28/h1-12,20H,13H2,(H,25,27). The van der Waals surface area contributed by atoms with E-state index in [2.05, 4.69) is 27.9 Å². The predicted molar refractivity (Wildman–Crippen MR) is 118 cm³/mol. The number of anilines is 1. The highest BCUT2D eigenvalue weighted by molar-refractivity contribution is 14.1. The molecule has 0 radical (unpaired) electrons. The number of carbonyl (C=O) groups is 2. The lowest BCUT2D eigenvalue weighted by atomic mass is 10.0. The Labute approximate surface area is 181 Å². The Morgan fingerprint density at radius 1 is 0.964 bits per heavy atom. The Morgan fingerprint density at radius 3 is 2.39 bits per heavy atom. The summed E-state index contributed by atoms with van der Waals surface area (Å²) in [6.07, 6.45) is 0. The van der Waals surface area contributed by atoms with Crippen molar-refractivity contribution in [1.29, 1.82) is 0 Å². The van der Waals surface area contributed by atoms with Gasteiger partial charge in [0.25, 0.3) is 11.8 Å². The topological polar surface area (TPSA) is 49.4 Å². The number of amides is 2. The molecule has 1 aliphatic heterocycles. The van der Waals surface area contributed by atoms with Crippen LogP contribution in [-0.2, 0) is 11.3 Å². The molecule has 1 heterocycles. The molecule has 0 aromatic heterocycles. The summed E-state index contributed by atoms with van der Waals surface area (Å²) in [6, 6.07) is 21.4. The van der Waals surface area contributed by atoms with Gasteiger partial charge in [-0.1, -0.05) is 54.1 Å². The summed E-state index contributed by atoms with van der Waals surface area (Å²) < 4.78 is 0.934. The number of carbonyl (C=O) groups excluding carboxylic acids is 2. The second kappa shape index (κ2) is 7.93. The van der Waals surface area contributed by atoms with E-state index in [0.29, 0.717) is 22.8 Å². The molecule has 140 valence electrons. The highest BCUT2D eigenvalue weighted by Gasteiger charge is 2.36. The number of nitrogens with zero attached hydrogens (tertiary/aromatic N) is 1. The lowest BCUT2D eigenvalue weighted by Crippen LogP contribution is -2.38. The van der Waals surface area contributed by atoms with Gasteiger partial charge in [0.05, 0.1) is 11.3 Å². The van der Waals surface area contributed by atoms with Crippen molar-refractivity contribution in [3.8, 4) is 0 Å². The number of hydrogen-bond donors (Lipinski definition) is 1. The van der Waals surface area contributed by atoms with Crippen molar-refractivity contribution < 1.29 is 9.59 Å². The molecule has 0 bridgehead atoms. The third kappa shape index (κ3) is 3.77. The van der Waals surface area contributed by atoms with E-state index in [4.69, 9.17) is 11.6 Å². The fraction of sp³-hybridized carbons (Fsp3) is 0.0909. The molecule has 28 heavy (non-hydrogen) atoms. The molecular weight excluding hydrogens is 487 g/mol. The van der Waals surface area contributed by atoms with Crippen molar-refractivity contribution in [3.63, 3.8) is 0 Å². The normalized spacial score (nSPS) is 16.4. The lowest BCUT2D eigenvalue weighted by molar-refractivity contribution is -0.120. The molecule has 0 saturated heterocycles. The molecule has 4 rings (SSSR count). The zero-order valence-corrected chi connectivity index (χ0v) is 17.6. The molecule has 3 aromatic rings. The number of rotatable bonds is 3. The van der Waals surface area contributed by atoms with Crippen LogP contribution in [0.1, 0.15) is 27.5 Å². The first-order valence-electron chi connectivity index (χ1n) is 8.74. The van der Waals surface area contributed by atoms with Crippen molar-refractivity contribution in [1.82, 2.24) is 4.90 Å². The monoisotopic (exact) mass is 502 g/mol. The summed E-state index contributed by atoms with van der Waals surface area (Å²) in [4.78, 5) is 28.2. The average molecular weight is 503 g/mol. The van der Waals surface area contributed by atoms with E-state index in [1.807, 2.05) is 48.5 Å². The molecule has 1 atom stereocenters. The van der Waals surface area contributed by atoms with Crippen LogP contribution in [0.5, 0.6) is 0 Å². The third-order valence-corrected chi connectivity index (χ3v) is 5.60. The van der Waals surface area contributed by atoms with Crippen molar-refractivity contribution in [2.45, 2.75) is 12.6 Å². The van der Waals surface area contributed by atoms with Crippen LogP contribution in [0.2, 0.25) is 5.02 Å². The van der Waals surface area contributed by atoms with E-state index in [-0.39, 0.29) is 11.8 Å². The molecular formula is C22H16ClIN2O2. The van der Waals surface area contributed by atoms with Crippen LogP contribution in [0, 0.1) is 3.57 Å². The average Bonchev–Trinajstić information content (AvgIpc) is 2.79. The van der Waals surface area contributed by atoms with Crippen molar-refractivity contribution in [2.24, 2.45) is 0 Å². The van der Waals surface area contributed by atoms with Crippen LogP contribution >= 0.6 is 34.2 Å². The molecule has 0 spiro atoms. The summed E-state index contributed by atoms with van der Waals surface area (Å²) in [5.41, 5.74) is 2.70. The van der Waals surface area contributed by atoms with E-state index < -0.39 is 6.04 Å². The summed E-state index contributed by atoms with van der Waals surface area (Å²) in [7, 11) is 0. The third-order valence-electron chi connectivity index (χ3n) is 4.67. The molecule has 2 amide bonds. The van der Waals surface area contributed by atoms with Crippen molar-refractivity contribution >= 4 is 51.7 Å². The molecule has 0 fully saturated rings. The van der Waals surface area contributed by atoms with Gasteiger partial charge in [0.2, 0.25) is 0 Å². The van der Waals surface area contributed by atoms with Crippen molar-refractivity contribution in [2.75, 3.05) is 5.32 Å². The maximum Gasteiger partial charge on any atom is 0.257 e. The van der Waals surface area contributed by atoms with Gasteiger partial charge in [0.1, 0.15) is 6.04 Å². The number of halogens is 2. The predicted octanol–water partition coefficient (Wildman–Crippen LogP) is 5.28. The van der Waals surface area contributed by atoms with Gasteiger partial charge >= 0.3 is 0 Å². The minimum absolute atomic E-state index is 0.185. The number of nitrogens with one attached hydrogen (secondary N) is 1. The molecule has 1 unspecified atom stereocenters. The molecule has 1 N–H and O–H groups in total. The van der Waals surface area contributed by atoms with Gasteiger partial charge in [0.15, 0.2) is 0 Å². The highest BCUT2D eigenvalue weighted by Crippen LogP contribution is 2.33. The van der Waals surface area contributed by atoms with Crippen molar-refractivity contribution in [3.05, 3.63) is 98.1 Å². The fourth-order valence-corrected chi connectivity index (χ4v) is 3.95. The SMILES string of the molecule is O=C1Nc2ccc(I)cc2C(=O)N(Cc2ccc(Cl)cc2)C1c1ccccc1. The number of benzene rings is 3. The number of hydrogen-bond acceptors (Lipinski definition) is 2. The van der Waals surface area contributed by atoms with Gasteiger partial charge < -0.3 is 10.2 Å². The summed E-state index contributed by atoms with van der Waals surface area (Å²) in [5.74, 6) is -0.413. The van der Waals surface area contributed by atoms with Gasteiger partial charge in [-0.15, -0.1) is 0 Å². The Kier molecular flexibility index (Phi) is 5.37. The smallest absolute Gasteiger partial charge is 0.257 e. The molecule has 0 aliphatic carbocycles. The minimum Gasteiger partial charge on any atom is -0.323 e. The van der Waals surface area contributed by atoms with Crippen LogP contribution in [0.4, 0.5) is 5.69 Å². The van der Waals surface area contributed by atoms with Gasteiger partial charge in [0, 0.05) is 15.1 Å². The Morgan fingerprint density at radius 2 is 1.68 bits per heavy atom. The lowest BCUT2D eigenvalue weighted by Gasteiger charge is -2.29. The molecule has 3 aromatic carbocycles. The highest BCUT2D eigenvalue weighted by atomic mass is 127.